The number of fused-ring (bicyclic) bond motifs is 1. The summed E-state index contributed by atoms with van der Waals surface area (Å²) in [5, 5.41) is 3.70. The Morgan fingerprint density at radius 3 is 2.78 bits per heavy atom. The van der Waals surface area contributed by atoms with Crippen molar-refractivity contribution in [1.82, 2.24) is 10.3 Å². The van der Waals surface area contributed by atoms with Gasteiger partial charge in [0.25, 0.3) is 0 Å². The molecular formula is C22H20N2O3. The van der Waals surface area contributed by atoms with E-state index in [9.17, 15) is 4.79 Å². The van der Waals surface area contributed by atoms with Crippen LogP contribution in [0, 0.1) is 11.8 Å². The van der Waals surface area contributed by atoms with E-state index in [2.05, 4.69) is 22.1 Å². The van der Waals surface area contributed by atoms with Crippen LogP contribution in [-0.2, 0) is 11.3 Å². The lowest BCUT2D eigenvalue weighted by atomic mass is 10.1. The van der Waals surface area contributed by atoms with E-state index in [4.69, 9.17) is 9.47 Å². The maximum absolute atomic E-state index is 11.6. The summed E-state index contributed by atoms with van der Waals surface area (Å²) in [5.74, 6) is 6.74. The molecular weight excluding hydrogens is 340 g/mol. The molecule has 27 heavy (non-hydrogen) atoms. The van der Waals surface area contributed by atoms with Gasteiger partial charge >= 0.3 is 6.09 Å². The average Bonchev–Trinajstić information content (AvgIpc) is 2.72. The van der Waals surface area contributed by atoms with Crippen LogP contribution in [0.4, 0.5) is 4.79 Å². The van der Waals surface area contributed by atoms with E-state index in [1.807, 2.05) is 60.7 Å². The van der Waals surface area contributed by atoms with Crippen LogP contribution >= 0.6 is 0 Å². The molecule has 5 heteroatoms. The van der Waals surface area contributed by atoms with Crippen LogP contribution in [0.2, 0.25) is 0 Å². The van der Waals surface area contributed by atoms with Gasteiger partial charge in [0.2, 0.25) is 5.88 Å². The summed E-state index contributed by atoms with van der Waals surface area (Å²) in [6, 6.07) is 19.2. The first-order chi connectivity index (χ1) is 13.2. The van der Waals surface area contributed by atoms with Crippen molar-refractivity contribution in [3.63, 3.8) is 0 Å². The molecule has 3 aromatic rings. The summed E-state index contributed by atoms with van der Waals surface area (Å²) in [7, 11) is 1.60. The number of nitrogens with one attached hydrogen (secondary N) is 1. The predicted molar refractivity (Wildman–Crippen MR) is 104 cm³/mol. The molecule has 0 spiro atoms. The van der Waals surface area contributed by atoms with Gasteiger partial charge in [-0.2, -0.15) is 0 Å². The third kappa shape index (κ3) is 5.48. The molecule has 0 saturated heterocycles. The molecule has 1 heterocycles. The first-order valence-corrected chi connectivity index (χ1v) is 8.63. The highest BCUT2D eigenvalue weighted by Gasteiger charge is 2.01. The normalized spacial score (nSPS) is 9.96. The Bertz CT molecular complexity index is 975. The minimum atomic E-state index is -0.439. The van der Waals surface area contributed by atoms with Gasteiger partial charge in [-0.25, -0.2) is 9.78 Å². The van der Waals surface area contributed by atoms with E-state index in [0.29, 0.717) is 18.8 Å². The number of ether oxygens (including phenoxy) is 2. The summed E-state index contributed by atoms with van der Waals surface area (Å²) in [6.45, 7) is 0.696. The first kappa shape index (κ1) is 18.3. The summed E-state index contributed by atoms with van der Waals surface area (Å²) in [4.78, 5) is 16.0. The van der Waals surface area contributed by atoms with Crippen LogP contribution in [0.3, 0.4) is 0 Å². The topological polar surface area (TPSA) is 60.5 Å². The number of alkyl carbamates (subject to hydrolysis) is 1. The lowest BCUT2D eigenvalue weighted by Crippen LogP contribution is -2.24. The van der Waals surface area contributed by atoms with Crippen molar-refractivity contribution in [3.8, 4) is 17.7 Å². The van der Waals surface area contributed by atoms with E-state index < -0.39 is 6.09 Å². The molecule has 0 aliphatic rings. The fourth-order valence-corrected chi connectivity index (χ4v) is 2.46. The van der Waals surface area contributed by atoms with Gasteiger partial charge in [0.1, 0.15) is 6.61 Å². The Morgan fingerprint density at radius 1 is 1.11 bits per heavy atom. The molecule has 0 fully saturated rings. The first-order valence-electron chi connectivity index (χ1n) is 8.63. The van der Waals surface area contributed by atoms with E-state index in [0.717, 1.165) is 22.0 Å². The number of amides is 1. The molecule has 0 saturated carbocycles. The summed E-state index contributed by atoms with van der Waals surface area (Å²) >= 11 is 0. The molecule has 0 aliphatic carbocycles. The molecule has 3 rings (SSSR count). The van der Waals surface area contributed by atoms with E-state index in [1.165, 1.54) is 0 Å². The zero-order chi connectivity index (χ0) is 18.9. The number of hydrogen-bond acceptors (Lipinski definition) is 4. The van der Waals surface area contributed by atoms with Crippen LogP contribution in [0.15, 0.2) is 60.7 Å². The average molecular weight is 360 g/mol. The number of hydrogen-bond donors (Lipinski definition) is 1. The largest absolute Gasteiger partial charge is 0.481 e. The number of benzene rings is 2. The second kappa shape index (κ2) is 9.25. The van der Waals surface area contributed by atoms with Crippen molar-refractivity contribution in [2.75, 3.05) is 13.7 Å². The Morgan fingerprint density at radius 2 is 1.96 bits per heavy atom. The maximum atomic E-state index is 11.6. The van der Waals surface area contributed by atoms with Gasteiger partial charge < -0.3 is 14.8 Å². The van der Waals surface area contributed by atoms with Crippen LogP contribution in [0.25, 0.3) is 10.9 Å². The van der Waals surface area contributed by atoms with Gasteiger partial charge in [-0.3, -0.25) is 0 Å². The minimum absolute atomic E-state index is 0.258. The molecule has 2 aromatic carbocycles. The van der Waals surface area contributed by atoms with Crippen molar-refractivity contribution in [3.05, 3.63) is 71.8 Å². The molecule has 0 unspecified atom stereocenters. The minimum Gasteiger partial charge on any atom is -0.481 e. The number of nitrogens with zero attached hydrogens (tertiary/aromatic N) is 1. The van der Waals surface area contributed by atoms with Crippen LogP contribution in [0.5, 0.6) is 5.88 Å². The SMILES string of the molecule is COc1ccc2cc(C#CCCNC(=O)OCc3ccccc3)ccc2n1. The highest BCUT2D eigenvalue weighted by atomic mass is 16.5. The monoisotopic (exact) mass is 360 g/mol. The molecule has 1 aromatic heterocycles. The summed E-state index contributed by atoms with van der Waals surface area (Å²) in [6.07, 6.45) is 0.102. The number of rotatable bonds is 5. The number of carbonyl (C=O) groups excluding carboxylic acids is 1. The zero-order valence-corrected chi connectivity index (χ0v) is 15.1. The quantitative estimate of drug-likeness (QED) is 0.554. The van der Waals surface area contributed by atoms with Gasteiger partial charge in [0.05, 0.1) is 12.6 Å². The third-order valence-electron chi connectivity index (χ3n) is 3.84. The Labute approximate surface area is 158 Å². The van der Waals surface area contributed by atoms with Gasteiger partial charge in [-0.05, 0) is 29.8 Å². The maximum Gasteiger partial charge on any atom is 0.407 e. The van der Waals surface area contributed by atoms with Crippen molar-refractivity contribution < 1.29 is 14.3 Å². The Balaban J connectivity index is 1.45. The molecule has 0 atom stereocenters. The highest BCUT2D eigenvalue weighted by Crippen LogP contribution is 2.17. The number of aromatic nitrogens is 1. The molecule has 136 valence electrons. The van der Waals surface area contributed by atoms with Gasteiger partial charge in [0, 0.05) is 30.0 Å². The van der Waals surface area contributed by atoms with Crippen molar-refractivity contribution in [2.24, 2.45) is 0 Å². The van der Waals surface area contributed by atoms with Gasteiger partial charge in [-0.15, -0.1) is 0 Å². The fourth-order valence-electron chi connectivity index (χ4n) is 2.46. The number of pyridine rings is 1. The molecule has 1 amide bonds. The Kier molecular flexibility index (Phi) is 6.26. The van der Waals surface area contributed by atoms with E-state index in [1.54, 1.807) is 7.11 Å². The van der Waals surface area contributed by atoms with Gasteiger partial charge in [0.15, 0.2) is 0 Å². The molecule has 1 N–H and O–H groups in total. The summed E-state index contributed by atoms with van der Waals surface area (Å²) < 4.78 is 10.3. The third-order valence-corrected chi connectivity index (χ3v) is 3.84. The lowest BCUT2D eigenvalue weighted by molar-refractivity contribution is 0.140. The van der Waals surface area contributed by atoms with Crippen LogP contribution in [0.1, 0.15) is 17.5 Å². The molecule has 0 bridgehead atoms. The molecule has 5 nitrogen and oxygen atoms in total. The second-order valence-electron chi connectivity index (χ2n) is 5.80. The van der Waals surface area contributed by atoms with Crippen LogP contribution < -0.4 is 10.1 Å². The Hall–Kier alpha value is -3.52. The van der Waals surface area contributed by atoms with Crippen molar-refractivity contribution >= 4 is 17.0 Å². The number of methoxy groups -OCH3 is 1. The number of carbonyl (C=O) groups is 1. The highest BCUT2D eigenvalue weighted by molar-refractivity contribution is 5.80. The van der Waals surface area contributed by atoms with Crippen LogP contribution in [-0.4, -0.2) is 24.7 Å². The fraction of sp³-hybridized carbons (Fsp3) is 0.182. The second-order valence-corrected chi connectivity index (χ2v) is 5.80. The van der Waals surface area contributed by atoms with Crippen molar-refractivity contribution in [2.45, 2.75) is 13.0 Å². The molecule has 0 aliphatic heterocycles. The van der Waals surface area contributed by atoms with Gasteiger partial charge in [-0.1, -0.05) is 42.2 Å². The molecule has 0 radical (unpaired) electrons. The smallest absolute Gasteiger partial charge is 0.407 e. The zero-order valence-electron chi connectivity index (χ0n) is 15.1. The standard InChI is InChI=1S/C22H20N2O3/c1-26-21-13-11-19-15-17(10-12-20(19)24-21)7-5-6-14-23-22(25)27-16-18-8-3-2-4-9-18/h2-4,8-13,15H,6,14,16H2,1H3,(H,23,25). The van der Waals surface area contributed by atoms with E-state index >= 15 is 0 Å². The summed E-state index contributed by atoms with van der Waals surface area (Å²) in [5.41, 5.74) is 2.72. The van der Waals surface area contributed by atoms with E-state index in [-0.39, 0.29) is 6.61 Å². The lowest BCUT2D eigenvalue weighted by Gasteiger charge is -2.05. The van der Waals surface area contributed by atoms with Crippen molar-refractivity contribution in [1.29, 1.82) is 0 Å². The predicted octanol–water partition coefficient (Wildman–Crippen LogP) is 3.91.